The second kappa shape index (κ2) is 4.75. The zero-order valence-corrected chi connectivity index (χ0v) is 8.96. The van der Waals surface area contributed by atoms with Crippen LogP contribution in [-0.2, 0) is 0 Å². The van der Waals surface area contributed by atoms with Crippen LogP contribution >= 0.6 is 11.6 Å². The molecule has 0 radical (unpaired) electrons. The van der Waals surface area contributed by atoms with E-state index in [9.17, 15) is 4.79 Å². The highest BCUT2D eigenvalue weighted by atomic mass is 35.5. The minimum atomic E-state index is -1.18. The number of halogens is 1. The van der Waals surface area contributed by atoms with E-state index >= 15 is 0 Å². The third-order valence-corrected chi connectivity index (χ3v) is 2.01. The van der Waals surface area contributed by atoms with Crippen molar-refractivity contribution in [2.45, 2.75) is 0 Å². The first-order chi connectivity index (χ1) is 7.08. The topological polar surface area (TPSA) is 67.8 Å². The molecule has 0 aromatic heterocycles. The molecule has 0 unspecified atom stereocenters. The summed E-state index contributed by atoms with van der Waals surface area (Å²) in [5.74, 6) is 0.712. The fourth-order valence-electron chi connectivity index (χ4n) is 1.07. The molecule has 0 aliphatic carbocycles. The minimum Gasteiger partial charge on any atom is -0.495 e. The van der Waals surface area contributed by atoms with Crippen molar-refractivity contribution in [3.8, 4) is 11.5 Å². The zero-order valence-electron chi connectivity index (χ0n) is 8.20. The molecule has 0 aliphatic rings. The van der Waals surface area contributed by atoms with Crippen molar-refractivity contribution in [2.24, 2.45) is 0 Å². The molecular weight excluding hydrogens is 222 g/mol. The molecule has 1 rings (SSSR count). The van der Waals surface area contributed by atoms with Gasteiger partial charge in [0.15, 0.2) is 0 Å². The van der Waals surface area contributed by atoms with Gasteiger partial charge in [-0.05, 0) is 0 Å². The van der Waals surface area contributed by atoms with Gasteiger partial charge in [0.05, 0.1) is 24.9 Å². The number of hydrogen-bond donors (Lipinski definition) is 2. The van der Waals surface area contributed by atoms with Gasteiger partial charge in [0, 0.05) is 12.1 Å². The van der Waals surface area contributed by atoms with Gasteiger partial charge >= 0.3 is 6.09 Å². The highest BCUT2D eigenvalue weighted by molar-refractivity contribution is 6.32. The van der Waals surface area contributed by atoms with E-state index in [2.05, 4.69) is 5.32 Å². The lowest BCUT2D eigenvalue weighted by Crippen LogP contribution is -2.08. The summed E-state index contributed by atoms with van der Waals surface area (Å²) in [5.41, 5.74) is 0.284. The van der Waals surface area contributed by atoms with Gasteiger partial charge in [0.2, 0.25) is 0 Å². The molecule has 1 amide bonds. The molecule has 0 saturated heterocycles. The third-order valence-electron chi connectivity index (χ3n) is 1.72. The van der Waals surface area contributed by atoms with Gasteiger partial charge in [-0.3, -0.25) is 5.32 Å². The lowest BCUT2D eigenvalue weighted by atomic mass is 10.2. The molecular formula is C9H10ClNO4. The van der Waals surface area contributed by atoms with Crippen LogP contribution in [0.4, 0.5) is 10.5 Å². The van der Waals surface area contributed by atoms with Crippen molar-refractivity contribution in [2.75, 3.05) is 19.5 Å². The molecule has 15 heavy (non-hydrogen) atoms. The summed E-state index contributed by atoms with van der Waals surface area (Å²) in [6.45, 7) is 0. The third kappa shape index (κ3) is 2.66. The molecule has 1 aromatic carbocycles. The summed E-state index contributed by atoms with van der Waals surface area (Å²) >= 11 is 5.84. The first-order valence-corrected chi connectivity index (χ1v) is 4.37. The van der Waals surface area contributed by atoms with Crippen molar-refractivity contribution in [3.63, 3.8) is 0 Å². The normalized spacial score (nSPS) is 9.53. The molecule has 5 nitrogen and oxygen atoms in total. The summed E-state index contributed by atoms with van der Waals surface area (Å²) in [5, 5.41) is 11.1. The number of carboxylic acid groups (broad SMARTS) is 1. The monoisotopic (exact) mass is 231 g/mol. The lowest BCUT2D eigenvalue weighted by Gasteiger charge is -2.11. The SMILES string of the molecule is COc1cc(NC(=O)O)c(OC)cc1Cl. The van der Waals surface area contributed by atoms with Crippen LogP contribution in [0.2, 0.25) is 5.02 Å². The summed E-state index contributed by atoms with van der Waals surface area (Å²) in [4.78, 5) is 10.5. The van der Waals surface area contributed by atoms with Crippen molar-refractivity contribution >= 4 is 23.4 Å². The number of amides is 1. The van der Waals surface area contributed by atoms with Crippen LogP contribution in [0.25, 0.3) is 0 Å². The number of nitrogens with one attached hydrogen (secondary N) is 1. The van der Waals surface area contributed by atoms with Crippen LogP contribution in [0.15, 0.2) is 12.1 Å². The van der Waals surface area contributed by atoms with E-state index in [1.54, 1.807) is 0 Å². The van der Waals surface area contributed by atoms with Crippen LogP contribution in [0.3, 0.4) is 0 Å². The van der Waals surface area contributed by atoms with Crippen LogP contribution in [0, 0.1) is 0 Å². The summed E-state index contributed by atoms with van der Waals surface area (Å²) in [6, 6.07) is 2.93. The Kier molecular flexibility index (Phi) is 3.62. The number of hydrogen-bond acceptors (Lipinski definition) is 3. The number of carbonyl (C=O) groups is 1. The lowest BCUT2D eigenvalue weighted by molar-refractivity contribution is 0.209. The predicted molar refractivity (Wildman–Crippen MR) is 56.2 cm³/mol. The Morgan fingerprint density at radius 1 is 1.33 bits per heavy atom. The number of methoxy groups -OCH3 is 2. The van der Waals surface area contributed by atoms with Crippen LogP contribution in [0.5, 0.6) is 11.5 Å². The first-order valence-electron chi connectivity index (χ1n) is 4.00. The maximum Gasteiger partial charge on any atom is 0.409 e. The van der Waals surface area contributed by atoms with E-state index in [0.717, 1.165) is 0 Å². The highest BCUT2D eigenvalue weighted by Crippen LogP contribution is 2.35. The van der Waals surface area contributed by atoms with E-state index in [1.165, 1.54) is 26.4 Å². The second-order valence-electron chi connectivity index (χ2n) is 2.62. The predicted octanol–water partition coefficient (Wildman–Crippen LogP) is 2.45. The first kappa shape index (κ1) is 11.5. The number of rotatable bonds is 3. The van der Waals surface area contributed by atoms with Gasteiger partial charge in [-0.1, -0.05) is 11.6 Å². The Morgan fingerprint density at radius 3 is 2.40 bits per heavy atom. The minimum absolute atomic E-state index is 0.284. The molecule has 0 fully saturated rings. The zero-order chi connectivity index (χ0) is 11.4. The van der Waals surface area contributed by atoms with Gasteiger partial charge < -0.3 is 14.6 Å². The Hall–Kier alpha value is -1.62. The van der Waals surface area contributed by atoms with Crippen molar-refractivity contribution in [3.05, 3.63) is 17.2 Å². The highest BCUT2D eigenvalue weighted by Gasteiger charge is 2.11. The van der Waals surface area contributed by atoms with E-state index in [4.69, 9.17) is 26.2 Å². The molecule has 0 heterocycles. The quantitative estimate of drug-likeness (QED) is 0.839. The van der Waals surface area contributed by atoms with Crippen LogP contribution in [-0.4, -0.2) is 25.4 Å². The van der Waals surface area contributed by atoms with E-state index in [0.29, 0.717) is 16.5 Å². The molecule has 0 saturated carbocycles. The fourth-order valence-corrected chi connectivity index (χ4v) is 1.30. The number of ether oxygens (including phenoxy) is 2. The summed E-state index contributed by atoms with van der Waals surface area (Å²) in [7, 11) is 2.86. The molecule has 82 valence electrons. The second-order valence-corrected chi connectivity index (χ2v) is 3.02. The summed E-state index contributed by atoms with van der Waals surface area (Å²) in [6.07, 6.45) is -1.18. The van der Waals surface area contributed by atoms with Crippen LogP contribution < -0.4 is 14.8 Å². The Bertz CT molecular complexity index is 381. The molecule has 6 heteroatoms. The number of benzene rings is 1. The molecule has 0 spiro atoms. The van der Waals surface area contributed by atoms with Gasteiger partial charge in [-0.2, -0.15) is 0 Å². The fraction of sp³-hybridized carbons (Fsp3) is 0.222. The molecule has 0 bridgehead atoms. The maximum atomic E-state index is 10.5. The Balaban J connectivity index is 3.16. The average Bonchev–Trinajstić information content (AvgIpc) is 2.19. The van der Waals surface area contributed by atoms with Crippen molar-refractivity contribution in [1.82, 2.24) is 0 Å². The average molecular weight is 232 g/mol. The van der Waals surface area contributed by atoms with E-state index in [1.807, 2.05) is 0 Å². The van der Waals surface area contributed by atoms with Crippen molar-refractivity contribution in [1.29, 1.82) is 0 Å². The van der Waals surface area contributed by atoms with Gasteiger partial charge in [-0.15, -0.1) is 0 Å². The number of anilines is 1. The smallest absolute Gasteiger partial charge is 0.409 e. The van der Waals surface area contributed by atoms with E-state index < -0.39 is 6.09 Å². The Morgan fingerprint density at radius 2 is 1.93 bits per heavy atom. The van der Waals surface area contributed by atoms with E-state index in [-0.39, 0.29) is 5.69 Å². The molecule has 1 aromatic rings. The van der Waals surface area contributed by atoms with Gasteiger partial charge in [-0.25, -0.2) is 4.79 Å². The van der Waals surface area contributed by atoms with Gasteiger partial charge in [0.25, 0.3) is 0 Å². The summed E-state index contributed by atoms with van der Waals surface area (Å²) < 4.78 is 9.91. The largest absolute Gasteiger partial charge is 0.495 e. The van der Waals surface area contributed by atoms with Crippen molar-refractivity contribution < 1.29 is 19.4 Å². The van der Waals surface area contributed by atoms with Crippen LogP contribution in [0.1, 0.15) is 0 Å². The van der Waals surface area contributed by atoms with Gasteiger partial charge in [0.1, 0.15) is 11.5 Å². The molecule has 0 aliphatic heterocycles. The standard InChI is InChI=1S/C9H10ClNO4/c1-14-7-4-6(11-9(12)13)8(15-2)3-5(7)10/h3-4,11H,1-2H3,(H,12,13). The molecule has 0 atom stereocenters. The maximum absolute atomic E-state index is 10.5. The Labute approximate surface area is 91.6 Å². The molecule has 2 N–H and O–H groups in total.